The van der Waals surface area contributed by atoms with Crippen molar-refractivity contribution in [1.29, 1.82) is 0 Å². The van der Waals surface area contributed by atoms with Crippen molar-refractivity contribution in [2.75, 3.05) is 5.32 Å². The first kappa shape index (κ1) is 18.0. The van der Waals surface area contributed by atoms with Gasteiger partial charge in [-0.1, -0.05) is 6.92 Å². The van der Waals surface area contributed by atoms with Crippen LogP contribution in [-0.2, 0) is 4.79 Å². The fraction of sp³-hybridized carbons (Fsp3) is 0.429. The molecule has 3 nitrogen and oxygen atoms in total. The van der Waals surface area contributed by atoms with E-state index >= 15 is 0 Å². The summed E-state index contributed by atoms with van der Waals surface area (Å²) in [6.45, 7) is 4.10. The number of nitrogens with one attached hydrogen (secondary N) is 1. The quantitative estimate of drug-likeness (QED) is 0.739. The highest BCUT2D eigenvalue weighted by Gasteiger charge is 2.29. The van der Waals surface area contributed by atoms with Crippen LogP contribution in [0.5, 0.6) is 0 Å². The molecule has 1 amide bonds. The number of benzene rings is 1. The fourth-order valence-corrected chi connectivity index (χ4v) is 3.94. The molecular weight excluding hydrogens is 328 g/mol. The van der Waals surface area contributed by atoms with Gasteiger partial charge >= 0.3 is 0 Å². The van der Waals surface area contributed by atoms with E-state index in [0.29, 0.717) is 11.8 Å². The van der Waals surface area contributed by atoms with Gasteiger partial charge in [-0.05, 0) is 86.4 Å². The highest BCUT2D eigenvalue weighted by Crippen LogP contribution is 2.39. The van der Waals surface area contributed by atoms with Gasteiger partial charge in [-0.3, -0.25) is 9.78 Å². The van der Waals surface area contributed by atoms with E-state index in [9.17, 15) is 4.79 Å². The second kappa shape index (κ2) is 8.05. The van der Waals surface area contributed by atoms with Crippen molar-refractivity contribution >= 4 is 24.2 Å². The smallest absolute Gasteiger partial charge is 0.227 e. The highest BCUT2D eigenvalue weighted by atomic mass is 32.1. The molecule has 4 heteroatoms. The summed E-state index contributed by atoms with van der Waals surface area (Å²) < 4.78 is 0. The molecule has 1 saturated carbocycles. The Bertz CT molecular complexity index is 721. The number of hydrogen-bond acceptors (Lipinski definition) is 3. The van der Waals surface area contributed by atoms with Crippen molar-refractivity contribution in [3.05, 3.63) is 53.9 Å². The van der Waals surface area contributed by atoms with E-state index in [1.54, 1.807) is 0 Å². The lowest BCUT2D eigenvalue weighted by molar-refractivity contribution is -0.121. The predicted octanol–water partition coefficient (Wildman–Crippen LogP) is 5.23. The van der Waals surface area contributed by atoms with E-state index in [4.69, 9.17) is 0 Å². The lowest BCUT2D eigenvalue weighted by Gasteiger charge is -2.32. The van der Waals surface area contributed by atoms with Gasteiger partial charge in [-0.2, -0.15) is 0 Å². The molecule has 0 saturated heterocycles. The molecule has 1 N–H and O–H groups in total. The van der Waals surface area contributed by atoms with Crippen molar-refractivity contribution in [2.24, 2.45) is 11.8 Å². The molecule has 1 aromatic carbocycles. The van der Waals surface area contributed by atoms with Crippen LogP contribution in [0.25, 0.3) is 0 Å². The third kappa shape index (κ3) is 4.63. The van der Waals surface area contributed by atoms with Crippen molar-refractivity contribution in [3.8, 4) is 0 Å². The van der Waals surface area contributed by atoms with E-state index in [-0.39, 0.29) is 11.8 Å². The maximum atomic E-state index is 12.6. The van der Waals surface area contributed by atoms with E-state index in [2.05, 4.69) is 42.0 Å². The van der Waals surface area contributed by atoms with Gasteiger partial charge in [0.25, 0.3) is 0 Å². The summed E-state index contributed by atoms with van der Waals surface area (Å²) in [5.74, 6) is 1.23. The standard InChI is InChI=1S/C21H26N2OS/c1-14-13-18(11-12-22-14)17-5-3-16(4-6-17)15(2)21(24)23-19-7-9-20(25)10-8-19/h7-13,15-17,25H,3-6H2,1-2H3,(H,23,24)/t15-,16?,17?/m1/s1. The molecule has 0 bridgehead atoms. The van der Waals surface area contributed by atoms with E-state index in [1.807, 2.05) is 37.4 Å². The topological polar surface area (TPSA) is 42.0 Å². The second-order valence-electron chi connectivity index (χ2n) is 7.17. The first-order chi connectivity index (χ1) is 12.0. The Kier molecular flexibility index (Phi) is 5.79. The maximum absolute atomic E-state index is 12.6. The Balaban J connectivity index is 1.54. The maximum Gasteiger partial charge on any atom is 0.227 e. The molecule has 0 aliphatic heterocycles. The molecule has 1 heterocycles. The van der Waals surface area contributed by atoms with Gasteiger partial charge in [0, 0.05) is 28.4 Å². The van der Waals surface area contributed by atoms with Gasteiger partial charge in [-0.15, -0.1) is 12.6 Å². The Morgan fingerprint density at radius 2 is 1.84 bits per heavy atom. The summed E-state index contributed by atoms with van der Waals surface area (Å²) in [4.78, 5) is 17.7. The molecule has 1 fully saturated rings. The number of aromatic nitrogens is 1. The van der Waals surface area contributed by atoms with E-state index in [0.717, 1.165) is 42.0 Å². The van der Waals surface area contributed by atoms with Crippen molar-refractivity contribution in [2.45, 2.75) is 50.3 Å². The van der Waals surface area contributed by atoms with Crippen LogP contribution < -0.4 is 5.32 Å². The van der Waals surface area contributed by atoms with Crippen LogP contribution in [0.1, 0.15) is 49.8 Å². The minimum Gasteiger partial charge on any atom is -0.326 e. The van der Waals surface area contributed by atoms with Gasteiger partial charge in [-0.25, -0.2) is 0 Å². The highest BCUT2D eigenvalue weighted by molar-refractivity contribution is 7.80. The lowest BCUT2D eigenvalue weighted by Crippen LogP contribution is -2.29. The van der Waals surface area contributed by atoms with Gasteiger partial charge < -0.3 is 5.32 Å². The molecule has 3 rings (SSSR count). The molecule has 132 valence electrons. The number of rotatable bonds is 4. The minimum absolute atomic E-state index is 0.0378. The van der Waals surface area contributed by atoms with Crippen LogP contribution in [0.15, 0.2) is 47.5 Å². The van der Waals surface area contributed by atoms with Crippen molar-refractivity contribution in [3.63, 3.8) is 0 Å². The normalized spacial score (nSPS) is 21.6. The van der Waals surface area contributed by atoms with Crippen LogP contribution in [0, 0.1) is 18.8 Å². The van der Waals surface area contributed by atoms with Crippen LogP contribution in [-0.4, -0.2) is 10.9 Å². The number of aryl methyl sites for hydroxylation is 1. The molecule has 1 aromatic heterocycles. The average Bonchev–Trinajstić information content (AvgIpc) is 2.63. The predicted molar refractivity (Wildman–Crippen MR) is 105 cm³/mol. The van der Waals surface area contributed by atoms with Crippen LogP contribution >= 0.6 is 12.6 Å². The summed E-state index contributed by atoms with van der Waals surface area (Å²) >= 11 is 4.27. The zero-order valence-corrected chi connectivity index (χ0v) is 15.8. The number of thiol groups is 1. The molecule has 1 aliphatic carbocycles. The monoisotopic (exact) mass is 354 g/mol. The van der Waals surface area contributed by atoms with Crippen molar-refractivity contribution < 1.29 is 4.79 Å². The summed E-state index contributed by atoms with van der Waals surface area (Å²) in [5, 5.41) is 3.04. The molecule has 0 radical (unpaired) electrons. The van der Waals surface area contributed by atoms with Crippen LogP contribution in [0.4, 0.5) is 5.69 Å². The first-order valence-electron chi connectivity index (χ1n) is 9.05. The number of hydrogen-bond donors (Lipinski definition) is 2. The number of carbonyl (C=O) groups is 1. The Morgan fingerprint density at radius 1 is 1.16 bits per heavy atom. The number of pyridine rings is 1. The Hall–Kier alpha value is -1.81. The summed E-state index contributed by atoms with van der Waals surface area (Å²) in [5.41, 5.74) is 3.32. The third-order valence-corrected chi connectivity index (χ3v) is 5.72. The van der Waals surface area contributed by atoms with E-state index in [1.165, 1.54) is 5.56 Å². The number of carbonyl (C=O) groups excluding carboxylic acids is 1. The zero-order chi connectivity index (χ0) is 17.8. The Morgan fingerprint density at radius 3 is 2.48 bits per heavy atom. The van der Waals surface area contributed by atoms with Crippen LogP contribution in [0.2, 0.25) is 0 Å². The fourth-order valence-electron chi connectivity index (χ4n) is 3.79. The van der Waals surface area contributed by atoms with E-state index < -0.39 is 0 Å². The molecule has 25 heavy (non-hydrogen) atoms. The van der Waals surface area contributed by atoms with Gasteiger partial charge in [0.2, 0.25) is 5.91 Å². The molecular formula is C21H26N2OS. The first-order valence-corrected chi connectivity index (χ1v) is 9.50. The molecule has 0 unspecified atom stereocenters. The molecule has 2 aromatic rings. The van der Waals surface area contributed by atoms with Gasteiger partial charge in [0.15, 0.2) is 0 Å². The van der Waals surface area contributed by atoms with Gasteiger partial charge in [0.05, 0.1) is 0 Å². The summed E-state index contributed by atoms with van der Waals surface area (Å²) in [7, 11) is 0. The molecule has 0 spiro atoms. The third-order valence-electron chi connectivity index (χ3n) is 5.42. The lowest BCUT2D eigenvalue weighted by atomic mass is 9.74. The molecule has 1 atom stereocenters. The largest absolute Gasteiger partial charge is 0.326 e. The zero-order valence-electron chi connectivity index (χ0n) is 14.9. The Labute approximate surface area is 155 Å². The number of nitrogens with zero attached hydrogens (tertiary/aromatic N) is 1. The summed E-state index contributed by atoms with van der Waals surface area (Å²) in [6, 6.07) is 11.9. The number of anilines is 1. The second-order valence-corrected chi connectivity index (χ2v) is 7.68. The van der Waals surface area contributed by atoms with Gasteiger partial charge in [0.1, 0.15) is 0 Å². The number of amides is 1. The average molecular weight is 355 g/mol. The van der Waals surface area contributed by atoms with Crippen molar-refractivity contribution in [1.82, 2.24) is 4.98 Å². The minimum atomic E-state index is 0.0378. The van der Waals surface area contributed by atoms with Crippen LogP contribution in [0.3, 0.4) is 0 Å². The summed E-state index contributed by atoms with van der Waals surface area (Å²) in [6.07, 6.45) is 6.43. The molecule has 1 aliphatic rings. The SMILES string of the molecule is Cc1cc(C2CCC([C@@H](C)C(=O)Nc3ccc(S)cc3)CC2)ccn1.